The molecule has 0 bridgehead atoms. The van der Waals surface area contributed by atoms with E-state index in [0.29, 0.717) is 11.3 Å². The molecule has 0 heterocycles. The fourth-order valence-corrected chi connectivity index (χ4v) is 4.09. The molecule has 0 aliphatic rings. The van der Waals surface area contributed by atoms with Gasteiger partial charge in [-0.15, -0.1) is 0 Å². The van der Waals surface area contributed by atoms with Crippen LogP contribution in [0.3, 0.4) is 0 Å². The van der Waals surface area contributed by atoms with Crippen molar-refractivity contribution < 1.29 is 13.2 Å². The van der Waals surface area contributed by atoms with Crippen LogP contribution in [-0.4, -0.2) is 14.3 Å². The Balaban J connectivity index is 1.65. The lowest BCUT2D eigenvalue weighted by Crippen LogP contribution is -2.26. The van der Waals surface area contributed by atoms with Crippen LogP contribution >= 0.6 is 0 Å². The topological polar surface area (TPSA) is 75.3 Å². The number of amides is 1. The van der Waals surface area contributed by atoms with E-state index < -0.39 is 10.0 Å². The molecule has 0 radical (unpaired) electrons. The number of aryl methyl sites for hydroxylation is 2. The van der Waals surface area contributed by atoms with Crippen molar-refractivity contribution in [2.75, 3.05) is 4.72 Å². The molecule has 0 spiro atoms. The number of sulfonamides is 1. The molecular formula is C24H26N2O3S. The molecule has 1 unspecified atom stereocenters. The highest BCUT2D eigenvalue weighted by molar-refractivity contribution is 7.92. The highest BCUT2D eigenvalue weighted by Gasteiger charge is 2.15. The third kappa shape index (κ3) is 5.27. The van der Waals surface area contributed by atoms with Gasteiger partial charge < -0.3 is 5.32 Å². The predicted octanol–water partition coefficient (Wildman–Crippen LogP) is 4.85. The fourth-order valence-electron chi connectivity index (χ4n) is 3.03. The zero-order chi connectivity index (χ0) is 21.7. The van der Waals surface area contributed by atoms with E-state index in [0.717, 1.165) is 17.5 Å². The smallest absolute Gasteiger partial charge is 0.261 e. The van der Waals surface area contributed by atoms with Gasteiger partial charge in [0.15, 0.2) is 0 Å². The van der Waals surface area contributed by atoms with Gasteiger partial charge in [-0.05, 0) is 67.8 Å². The van der Waals surface area contributed by atoms with Crippen LogP contribution in [0.4, 0.5) is 5.69 Å². The third-order valence-corrected chi connectivity index (χ3v) is 6.36. The monoisotopic (exact) mass is 422 g/mol. The summed E-state index contributed by atoms with van der Waals surface area (Å²) in [5.74, 6) is -0.213. The van der Waals surface area contributed by atoms with Crippen LogP contribution in [0.25, 0.3) is 0 Å². The van der Waals surface area contributed by atoms with Crippen LogP contribution < -0.4 is 10.0 Å². The minimum atomic E-state index is -3.67. The molecule has 30 heavy (non-hydrogen) atoms. The van der Waals surface area contributed by atoms with Crippen molar-refractivity contribution in [1.29, 1.82) is 0 Å². The number of benzene rings is 3. The first kappa shape index (κ1) is 21.6. The van der Waals surface area contributed by atoms with Gasteiger partial charge in [-0.3, -0.25) is 9.52 Å². The van der Waals surface area contributed by atoms with E-state index in [4.69, 9.17) is 0 Å². The van der Waals surface area contributed by atoms with Crippen molar-refractivity contribution in [3.63, 3.8) is 0 Å². The molecule has 3 rings (SSSR count). The van der Waals surface area contributed by atoms with Crippen molar-refractivity contribution in [1.82, 2.24) is 5.32 Å². The maximum atomic E-state index is 12.6. The molecule has 1 amide bonds. The van der Waals surface area contributed by atoms with Crippen molar-refractivity contribution in [2.45, 2.75) is 38.1 Å². The minimum Gasteiger partial charge on any atom is -0.346 e. The first-order valence-corrected chi connectivity index (χ1v) is 11.4. The molecule has 0 aliphatic heterocycles. The van der Waals surface area contributed by atoms with E-state index in [9.17, 15) is 13.2 Å². The Morgan fingerprint density at radius 1 is 0.900 bits per heavy atom. The number of carbonyl (C=O) groups is 1. The molecule has 1 atom stereocenters. The lowest BCUT2D eigenvalue weighted by molar-refractivity contribution is 0.0940. The van der Waals surface area contributed by atoms with Crippen molar-refractivity contribution in [2.24, 2.45) is 0 Å². The average molecular weight is 423 g/mol. The van der Waals surface area contributed by atoms with Crippen LogP contribution in [0.2, 0.25) is 0 Å². The quantitative estimate of drug-likeness (QED) is 0.572. The molecule has 0 aliphatic carbocycles. The predicted molar refractivity (Wildman–Crippen MR) is 120 cm³/mol. The second-order valence-electron chi connectivity index (χ2n) is 7.29. The molecule has 3 aromatic carbocycles. The van der Waals surface area contributed by atoms with Crippen molar-refractivity contribution in [3.05, 3.63) is 95.1 Å². The van der Waals surface area contributed by atoms with Gasteiger partial charge in [0, 0.05) is 11.3 Å². The maximum Gasteiger partial charge on any atom is 0.261 e. The van der Waals surface area contributed by atoms with E-state index in [1.165, 1.54) is 5.56 Å². The molecule has 0 saturated heterocycles. The Morgan fingerprint density at radius 3 is 2.07 bits per heavy atom. The van der Waals surface area contributed by atoms with Gasteiger partial charge in [0.1, 0.15) is 0 Å². The van der Waals surface area contributed by atoms with Crippen LogP contribution in [0.5, 0.6) is 0 Å². The van der Waals surface area contributed by atoms with Gasteiger partial charge in [-0.1, -0.05) is 48.9 Å². The summed E-state index contributed by atoms with van der Waals surface area (Å²) in [5.41, 5.74) is 4.13. The summed E-state index contributed by atoms with van der Waals surface area (Å²) in [6, 6.07) is 21.0. The van der Waals surface area contributed by atoms with Gasteiger partial charge >= 0.3 is 0 Å². The van der Waals surface area contributed by atoms with Gasteiger partial charge in [0.25, 0.3) is 15.9 Å². The van der Waals surface area contributed by atoms with E-state index in [-0.39, 0.29) is 16.8 Å². The number of anilines is 1. The second-order valence-corrected chi connectivity index (χ2v) is 8.97. The number of hydrogen-bond donors (Lipinski definition) is 2. The average Bonchev–Trinajstić information content (AvgIpc) is 2.74. The zero-order valence-corrected chi connectivity index (χ0v) is 18.2. The number of rotatable bonds is 7. The second kappa shape index (κ2) is 9.13. The Labute approximate surface area is 178 Å². The summed E-state index contributed by atoms with van der Waals surface area (Å²) in [6.45, 7) is 5.93. The fraction of sp³-hybridized carbons (Fsp3) is 0.208. The van der Waals surface area contributed by atoms with Crippen LogP contribution in [-0.2, 0) is 16.4 Å². The molecule has 0 fully saturated rings. The molecule has 5 nitrogen and oxygen atoms in total. The van der Waals surface area contributed by atoms with Crippen LogP contribution in [0.15, 0.2) is 77.7 Å². The minimum absolute atomic E-state index is 0.136. The largest absolute Gasteiger partial charge is 0.346 e. The van der Waals surface area contributed by atoms with E-state index >= 15 is 0 Å². The first-order chi connectivity index (χ1) is 14.3. The SMILES string of the molecule is CCc1ccc(C(C)NC(=O)c2ccc(NS(=O)(=O)c3ccc(C)cc3)cc2)cc1. The third-order valence-electron chi connectivity index (χ3n) is 4.97. The Bertz CT molecular complexity index is 1100. The van der Waals surface area contributed by atoms with Crippen LogP contribution in [0, 0.1) is 6.92 Å². The molecule has 6 heteroatoms. The standard InChI is InChI=1S/C24H26N2O3S/c1-4-19-7-9-20(10-8-19)18(3)25-24(27)21-11-13-22(14-12-21)26-30(28,29)23-15-5-17(2)6-16-23/h5-16,18,26H,4H2,1-3H3,(H,25,27). The number of hydrogen-bond acceptors (Lipinski definition) is 3. The van der Waals surface area contributed by atoms with Gasteiger partial charge in [0.2, 0.25) is 0 Å². The van der Waals surface area contributed by atoms with Gasteiger partial charge in [-0.25, -0.2) is 8.42 Å². The summed E-state index contributed by atoms with van der Waals surface area (Å²) in [6.07, 6.45) is 0.973. The van der Waals surface area contributed by atoms with Crippen molar-refractivity contribution in [3.8, 4) is 0 Å². The normalized spacial score (nSPS) is 12.2. The van der Waals surface area contributed by atoms with Gasteiger partial charge in [0.05, 0.1) is 10.9 Å². The van der Waals surface area contributed by atoms with Gasteiger partial charge in [-0.2, -0.15) is 0 Å². The van der Waals surface area contributed by atoms with E-state index in [1.54, 1.807) is 48.5 Å². The summed E-state index contributed by atoms with van der Waals surface area (Å²) >= 11 is 0. The zero-order valence-electron chi connectivity index (χ0n) is 17.3. The lowest BCUT2D eigenvalue weighted by atomic mass is 10.0. The molecule has 0 saturated carbocycles. The molecule has 0 aromatic heterocycles. The maximum absolute atomic E-state index is 12.6. The first-order valence-electron chi connectivity index (χ1n) is 9.88. The molecule has 2 N–H and O–H groups in total. The molecule has 156 valence electrons. The lowest BCUT2D eigenvalue weighted by Gasteiger charge is -2.15. The highest BCUT2D eigenvalue weighted by atomic mass is 32.2. The summed E-state index contributed by atoms with van der Waals surface area (Å²) in [4.78, 5) is 12.7. The van der Waals surface area contributed by atoms with Crippen LogP contribution in [0.1, 0.15) is 46.9 Å². The highest BCUT2D eigenvalue weighted by Crippen LogP contribution is 2.18. The summed E-state index contributed by atoms with van der Waals surface area (Å²) < 4.78 is 27.5. The summed E-state index contributed by atoms with van der Waals surface area (Å²) in [5, 5.41) is 2.97. The Kier molecular flexibility index (Phi) is 6.57. The molecule has 3 aromatic rings. The Morgan fingerprint density at radius 2 is 1.50 bits per heavy atom. The Hall–Kier alpha value is -3.12. The number of nitrogens with one attached hydrogen (secondary N) is 2. The van der Waals surface area contributed by atoms with E-state index in [1.807, 2.05) is 26.0 Å². The molecular weight excluding hydrogens is 396 g/mol. The number of carbonyl (C=O) groups excluding carboxylic acids is 1. The van der Waals surface area contributed by atoms with Crippen molar-refractivity contribution >= 4 is 21.6 Å². The summed E-state index contributed by atoms with van der Waals surface area (Å²) in [7, 11) is -3.67. The van der Waals surface area contributed by atoms with E-state index in [2.05, 4.69) is 29.1 Å².